The van der Waals surface area contributed by atoms with Crippen molar-refractivity contribution in [2.24, 2.45) is 0 Å². The van der Waals surface area contributed by atoms with Crippen LogP contribution in [0.2, 0.25) is 0 Å². The molecular weight excluding hydrogens is 190 g/mol. The third-order valence-corrected chi connectivity index (χ3v) is 3.18. The van der Waals surface area contributed by atoms with E-state index in [4.69, 9.17) is 4.74 Å². The first-order valence-corrected chi connectivity index (χ1v) is 5.17. The van der Waals surface area contributed by atoms with Crippen LogP contribution < -0.4 is 10.1 Å². The SMILES string of the molecule is COc1ccc(C2(NC=O)CCC2)cc1. The number of amides is 1. The molecule has 0 aliphatic heterocycles. The van der Waals surface area contributed by atoms with Crippen LogP contribution in [0.25, 0.3) is 0 Å². The monoisotopic (exact) mass is 205 g/mol. The number of rotatable bonds is 4. The van der Waals surface area contributed by atoms with E-state index in [2.05, 4.69) is 5.32 Å². The molecule has 0 radical (unpaired) electrons. The van der Waals surface area contributed by atoms with Gasteiger partial charge in [-0.05, 0) is 37.0 Å². The summed E-state index contributed by atoms with van der Waals surface area (Å²) in [5.41, 5.74) is 1.05. The Balaban J connectivity index is 2.23. The molecule has 1 fully saturated rings. The molecule has 1 aromatic carbocycles. The fraction of sp³-hybridized carbons (Fsp3) is 0.417. The second-order valence-corrected chi connectivity index (χ2v) is 3.93. The van der Waals surface area contributed by atoms with Gasteiger partial charge in [0.05, 0.1) is 12.6 Å². The molecular formula is C12H15NO2. The van der Waals surface area contributed by atoms with E-state index < -0.39 is 0 Å². The van der Waals surface area contributed by atoms with E-state index in [9.17, 15) is 4.79 Å². The number of ether oxygens (including phenoxy) is 1. The number of benzene rings is 1. The minimum absolute atomic E-state index is 0.117. The number of methoxy groups -OCH3 is 1. The summed E-state index contributed by atoms with van der Waals surface area (Å²) < 4.78 is 5.10. The van der Waals surface area contributed by atoms with Gasteiger partial charge in [0, 0.05) is 0 Å². The number of carbonyl (C=O) groups excluding carboxylic acids is 1. The first kappa shape index (κ1) is 10.0. The lowest BCUT2D eigenvalue weighted by Gasteiger charge is -2.42. The van der Waals surface area contributed by atoms with Crippen LogP contribution in [0.15, 0.2) is 24.3 Å². The lowest BCUT2D eigenvalue weighted by Crippen LogP contribution is -2.47. The van der Waals surface area contributed by atoms with E-state index in [1.54, 1.807) is 7.11 Å². The first-order valence-electron chi connectivity index (χ1n) is 5.17. The van der Waals surface area contributed by atoms with E-state index in [0.29, 0.717) is 0 Å². The number of hydrogen-bond donors (Lipinski definition) is 1. The molecule has 0 bridgehead atoms. The number of carbonyl (C=O) groups is 1. The molecule has 1 aliphatic carbocycles. The van der Waals surface area contributed by atoms with Crippen molar-refractivity contribution >= 4 is 6.41 Å². The summed E-state index contributed by atoms with van der Waals surface area (Å²) in [6.45, 7) is 0. The third-order valence-electron chi connectivity index (χ3n) is 3.18. The zero-order valence-electron chi connectivity index (χ0n) is 8.82. The van der Waals surface area contributed by atoms with Crippen molar-refractivity contribution < 1.29 is 9.53 Å². The van der Waals surface area contributed by atoms with Crippen LogP contribution in [-0.4, -0.2) is 13.5 Å². The van der Waals surface area contributed by atoms with Crippen molar-refractivity contribution in [1.82, 2.24) is 5.32 Å². The zero-order valence-corrected chi connectivity index (χ0v) is 8.82. The van der Waals surface area contributed by atoms with Crippen LogP contribution in [0.5, 0.6) is 5.75 Å². The minimum Gasteiger partial charge on any atom is -0.497 e. The summed E-state index contributed by atoms with van der Waals surface area (Å²) in [7, 11) is 1.65. The first-order chi connectivity index (χ1) is 7.30. The third kappa shape index (κ3) is 1.69. The summed E-state index contributed by atoms with van der Waals surface area (Å²) in [6, 6.07) is 7.91. The van der Waals surface area contributed by atoms with Gasteiger partial charge in [-0.2, -0.15) is 0 Å². The lowest BCUT2D eigenvalue weighted by molar-refractivity contribution is -0.112. The minimum atomic E-state index is -0.117. The van der Waals surface area contributed by atoms with Crippen molar-refractivity contribution in [2.75, 3.05) is 7.11 Å². The van der Waals surface area contributed by atoms with Crippen LogP contribution >= 0.6 is 0 Å². The van der Waals surface area contributed by atoms with Crippen molar-refractivity contribution in [1.29, 1.82) is 0 Å². The summed E-state index contributed by atoms with van der Waals surface area (Å²) in [5.74, 6) is 0.847. The van der Waals surface area contributed by atoms with Crippen molar-refractivity contribution in [3.63, 3.8) is 0 Å². The van der Waals surface area contributed by atoms with Crippen LogP contribution in [-0.2, 0) is 10.3 Å². The molecule has 80 valence electrons. The van der Waals surface area contributed by atoms with Crippen molar-refractivity contribution in [3.8, 4) is 5.75 Å². The van der Waals surface area contributed by atoms with Gasteiger partial charge in [-0.3, -0.25) is 4.79 Å². The molecule has 3 heteroatoms. The smallest absolute Gasteiger partial charge is 0.207 e. The Bertz CT molecular complexity index is 341. The molecule has 3 nitrogen and oxygen atoms in total. The Kier molecular flexibility index (Phi) is 2.62. The molecule has 1 N–H and O–H groups in total. The Morgan fingerprint density at radius 1 is 1.33 bits per heavy atom. The molecule has 1 aromatic rings. The van der Waals surface area contributed by atoms with Crippen LogP contribution in [0.1, 0.15) is 24.8 Å². The van der Waals surface area contributed by atoms with Crippen molar-refractivity contribution in [2.45, 2.75) is 24.8 Å². The molecule has 0 spiro atoms. The van der Waals surface area contributed by atoms with Crippen LogP contribution in [0.3, 0.4) is 0 Å². The van der Waals surface area contributed by atoms with Gasteiger partial charge < -0.3 is 10.1 Å². The summed E-state index contributed by atoms with van der Waals surface area (Å²) in [5, 5.41) is 2.93. The highest BCUT2D eigenvalue weighted by Crippen LogP contribution is 2.41. The summed E-state index contributed by atoms with van der Waals surface area (Å²) in [6.07, 6.45) is 4.02. The fourth-order valence-corrected chi connectivity index (χ4v) is 2.07. The van der Waals surface area contributed by atoms with Gasteiger partial charge in [0.15, 0.2) is 0 Å². The zero-order chi connectivity index (χ0) is 10.7. The van der Waals surface area contributed by atoms with Crippen LogP contribution in [0, 0.1) is 0 Å². The molecule has 0 atom stereocenters. The predicted octanol–water partition coefficient (Wildman–Crippen LogP) is 1.82. The second kappa shape index (κ2) is 3.93. The lowest BCUT2D eigenvalue weighted by atomic mass is 9.72. The molecule has 0 aromatic heterocycles. The average Bonchev–Trinajstić information content (AvgIpc) is 2.24. The highest BCUT2D eigenvalue weighted by Gasteiger charge is 2.38. The fourth-order valence-electron chi connectivity index (χ4n) is 2.07. The maximum atomic E-state index is 10.6. The maximum Gasteiger partial charge on any atom is 0.207 e. The summed E-state index contributed by atoms with van der Waals surface area (Å²) >= 11 is 0. The van der Waals surface area contributed by atoms with Gasteiger partial charge in [-0.15, -0.1) is 0 Å². The molecule has 2 rings (SSSR count). The normalized spacial score (nSPS) is 17.7. The Labute approximate surface area is 89.4 Å². The maximum absolute atomic E-state index is 10.6. The standard InChI is InChI=1S/C12H15NO2/c1-15-11-5-3-10(4-6-11)12(13-9-14)7-2-8-12/h3-6,9H,2,7-8H2,1H3,(H,13,14). The van der Waals surface area contributed by atoms with E-state index in [1.165, 1.54) is 12.0 Å². The molecule has 0 saturated heterocycles. The molecule has 1 amide bonds. The van der Waals surface area contributed by atoms with E-state index in [-0.39, 0.29) is 5.54 Å². The quantitative estimate of drug-likeness (QED) is 0.761. The largest absolute Gasteiger partial charge is 0.497 e. The van der Waals surface area contributed by atoms with Gasteiger partial charge in [-0.25, -0.2) is 0 Å². The average molecular weight is 205 g/mol. The van der Waals surface area contributed by atoms with E-state index in [0.717, 1.165) is 25.0 Å². The van der Waals surface area contributed by atoms with Gasteiger partial charge in [-0.1, -0.05) is 12.1 Å². The topological polar surface area (TPSA) is 38.3 Å². The van der Waals surface area contributed by atoms with Gasteiger partial charge in [0.25, 0.3) is 0 Å². The predicted molar refractivity (Wildman–Crippen MR) is 57.7 cm³/mol. The molecule has 0 unspecified atom stereocenters. The number of hydrogen-bond acceptors (Lipinski definition) is 2. The number of nitrogens with one attached hydrogen (secondary N) is 1. The van der Waals surface area contributed by atoms with Gasteiger partial charge in [0.2, 0.25) is 6.41 Å². The highest BCUT2D eigenvalue weighted by molar-refractivity contribution is 5.50. The Morgan fingerprint density at radius 3 is 2.40 bits per heavy atom. The van der Waals surface area contributed by atoms with Crippen molar-refractivity contribution in [3.05, 3.63) is 29.8 Å². The molecule has 15 heavy (non-hydrogen) atoms. The molecule has 1 saturated carbocycles. The van der Waals surface area contributed by atoms with Gasteiger partial charge in [0.1, 0.15) is 5.75 Å². The van der Waals surface area contributed by atoms with E-state index in [1.807, 2.05) is 24.3 Å². The van der Waals surface area contributed by atoms with E-state index >= 15 is 0 Å². The Hall–Kier alpha value is -1.51. The van der Waals surface area contributed by atoms with Crippen LogP contribution in [0.4, 0.5) is 0 Å². The Morgan fingerprint density at radius 2 is 2.00 bits per heavy atom. The highest BCUT2D eigenvalue weighted by atomic mass is 16.5. The summed E-state index contributed by atoms with van der Waals surface area (Å²) in [4.78, 5) is 10.6. The second-order valence-electron chi connectivity index (χ2n) is 3.93. The van der Waals surface area contributed by atoms with Gasteiger partial charge >= 0.3 is 0 Å². The molecule has 1 aliphatic rings. The molecule has 0 heterocycles.